The number of hydrogen-bond donors (Lipinski definition) is 2. The smallest absolute Gasteiger partial charge is 0.323 e. The number of nitriles is 1. The van der Waals surface area contributed by atoms with E-state index in [1.807, 2.05) is 0 Å². The molecule has 0 saturated carbocycles. The van der Waals surface area contributed by atoms with Crippen LogP contribution >= 0.6 is 0 Å². The van der Waals surface area contributed by atoms with Crippen molar-refractivity contribution in [3.05, 3.63) is 29.1 Å². The van der Waals surface area contributed by atoms with E-state index < -0.39 is 30.8 Å². The lowest BCUT2D eigenvalue weighted by Gasteiger charge is -2.23. The molecule has 19 heavy (non-hydrogen) atoms. The van der Waals surface area contributed by atoms with Crippen LogP contribution in [0.15, 0.2) is 12.1 Å². The molecule has 0 unspecified atom stereocenters. The molecule has 0 radical (unpaired) electrons. The van der Waals surface area contributed by atoms with Crippen LogP contribution < -0.4 is 4.90 Å². The average Bonchev–Trinajstić information content (AvgIpc) is 2.27. The number of benzene rings is 1. The lowest BCUT2D eigenvalue weighted by molar-refractivity contribution is -0.136. The third kappa shape index (κ3) is 3.67. The van der Waals surface area contributed by atoms with Crippen molar-refractivity contribution in [1.29, 1.82) is 5.26 Å². The fraction of sp³-hybridized carbons (Fsp3) is 0.250. The number of anilines is 1. The van der Waals surface area contributed by atoms with E-state index >= 15 is 0 Å². The Morgan fingerprint density at radius 1 is 1.32 bits per heavy atom. The van der Waals surface area contributed by atoms with Crippen LogP contribution in [-0.4, -0.2) is 35.2 Å². The summed E-state index contributed by atoms with van der Waals surface area (Å²) in [5.41, 5.74) is 0.308. The van der Waals surface area contributed by atoms with Crippen molar-refractivity contribution in [2.45, 2.75) is 6.92 Å². The monoisotopic (exact) mass is 266 g/mol. The molecule has 0 aliphatic carbocycles. The fourth-order valence-corrected chi connectivity index (χ4v) is 1.64. The van der Waals surface area contributed by atoms with Gasteiger partial charge in [0, 0.05) is 5.69 Å². The summed E-state index contributed by atoms with van der Waals surface area (Å²) in [5.74, 6) is -3.17. The number of carbonyl (C=O) groups is 2. The highest BCUT2D eigenvalue weighted by Gasteiger charge is 2.18. The van der Waals surface area contributed by atoms with Crippen LogP contribution in [0.3, 0.4) is 0 Å². The number of aliphatic carboxylic acids is 2. The molecule has 0 aliphatic heterocycles. The Morgan fingerprint density at radius 3 is 2.26 bits per heavy atom. The number of hydrogen-bond acceptors (Lipinski definition) is 4. The first-order valence-electron chi connectivity index (χ1n) is 5.24. The summed E-state index contributed by atoms with van der Waals surface area (Å²) in [6.07, 6.45) is 0. The van der Waals surface area contributed by atoms with Gasteiger partial charge in [0.05, 0.1) is 5.56 Å². The summed E-state index contributed by atoms with van der Waals surface area (Å²) in [5, 5.41) is 26.3. The Labute approximate surface area is 108 Å². The molecular formula is C12H11FN2O4. The third-order valence-electron chi connectivity index (χ3n) is 2.40. The lowest BCUT2D eigenvalue weighted by atomic mass is 10.1. The zero-order chi connectivity index (χ0) is 14.6. The Bertz CT molecular complexity index is 550. The van der Waals surface area contributed by atoms with Gasteiger partial charge >= 0.3 is 11.9 Å². The van der Waals surface area contributed by atoms with E-state index in [0.29, 0.717) is 5.56 Å². The molecule has 7 heteroatoms. The maximum absolute atomic E-state index is 13.3. The minimum absolute atomic E-state index is 0.211. The number of aryl methyl sites for hydroxylation is 1. The van der Waals surface area contributed by atoms with Gasteiger partial charge in [-0.3, -0.25) is 9.59 Å². The quantitative estimate of drug-likeness (QED) is 0.823. The summed E-state index contributed by atoms with van der Waals surface area (Å²) >= 11 is 0. The molecule has 100 valence electrons. The first-order chi connectivity index (χ1) is 8.85. The molecule has 6 nitrogen and oxygen atoms in total. The van der Waals surface area contributed by atoms with Crippen LogP contribution in [0.1, 0.15) is 11.1 Å². The number of nitrogens with zero attached hydrogens (tertiary/aromatic N) is 2. The van der Waals surface area contributed by atoms with Gasteiger partial charge in [-0.25, -0.2) is 4.39 Å². The van der Waals surface area contributed by atoms with E-state index in [9.17, 15) is 14.0 Å². The average molecular weight is 266 g/mol. The molecule has 1 aromatic carbocycles. The van der Waals surface area contributed by atoms with Crippen molar-refractivity contribution >= 4 is 17.6 Å². The number of halogens is 1. The largest absolute Gasteiger partial charge is 0.480 e. The highest BCUT2D eigenvalue weighted by molar-refractivity contribution is 5.80. The highest BCUT2D eigenvalue weighted by atomic mass is 19.1. The molecular weight excluding hydrogens is 255 g/mol. The molecule has 2 N–H and O–H groups in total. The third-order valence-corrected chi connectivity index (χ3v) is 2.40. The Kier molecular flexibility index (Phi) is 4.42. The van der Waals surface area contributed by atoms with Gasteiger partial charge in [0.1, 0.15) is 25.0 Å². The van der Waals surface area contributed by atoms with Crippen LogP contribution in [-0.2, 0) is 9.59 Å². The minimum atomic E-state index is -1.22. The van der Waals surface area contributed by atoms with Gasteiger partial charge in [0.15, 0.2) is 0 Å². The molecule has 0 aliphatic rings. The minimum Gasteiger partial charge on any atom is -0.480 e. The van der Waals surface area contributed by atoms with E-state index in [4.69, 9.17) is 15.5 Å². The number of carboxylic acid groups (broad SMARTS) is 2. The molecule has 1 aromatic rings. The normalized spacial score (nSPS) is 9.74. The van der Waals surface area contributed by atoms with E-state index in [1.165, 1.54) is 6.92 Å². The second-order valence-corrected chi connectivity index (χ2v) is 3.87. The van der Waals surface area contributed by atoms with Crippen LogP contribution in [0.4, 0.5) is 10.1 Å². The molecule has 0 spiro atoms. The van der Waals surface area contributed by atoms with E-state index in [0.717, 1.165) is 17.0 Å². The van der Waals surface area contributed by atoms with Crippen molar-refractivity contribution in [1.82, 2.24) is 0 Å². The van der Waals surface area contributed by atoms with Gasteiger partial charge in [-0.2, -0.15) is 5.26 Å². The van der Waals surface area contributed by atoms with Gasteiger partial charge in [-0.05, 0) is 24.6 Å². The van der Waals surface area contributed by atoms with Crippen molar-refractivity contribution in [2.75, 3.05) is 18.0 Å². The topological polar surface area (TPSA) is 102 Å². The molecule has 0 atom stereocenters. The maximum atomic E-state index is 13.3. The van der Waals surface area contributed by atoms with E-state index in [-0.39, 0.29) is 11.3 Å². The summed E-state index contributed by atoms with van der Waals surface area (Å²) in [7, 11) is 0. The summed E-state index contributed by atoms with van der Waals surface area (Å²) in [6.45, 7) is 0.406. The predicted molar refractivity (Wildman–Crippen MR) is 63.3 cm³/mol. The zero-order valence-electron chi connectivity index (χ0n) is 10.1. The summed E-state index contributed by atoms with van der Waals surface area (Å²) < 4.78 is 13.3. The lowest BCUT2D eigenvalue weighted by Crippen LogP contribution is -2.35. The van der Waals surface area contributed by atoms with Crippen LogP contribution in [0.5, 0.6) is 0 Å². The van der Waals surface area contributed by atoms with Gasteiger partial charge in [0.25, 0.3) is 0 Å². The number of rotatable bonds is 5. The van der Waals surface area contributed by atoms with Crippen molar-refractivity contribution in [3.8, 4) is 6.07 Å². The van der Waals surface area contributed by atoms with Gasteiger partial charge in [-0.1, -0.05) is 0 Å². The van der Waals surface area contributed by atoms with Gasteiger partial charge in [-0.15, -0.1) is 0 Å². The first-order valence-corrected chi connectivity index (χ1v) is 5.24. The standard InChI is InChI=1S/C12H11FN2O4/c1-7-2-9(13)8(4-14)3-10(7)15(5-11(16)17)6-12(18)19/h2-3H,5-6H2,1H3,(H,16,17)(H,18,19). The maximum Gasteiger partial charge on any atom is 0.323 e. The first kappa shape index (κ1) is 14.4. The fourth-order valence-electron chi connectivity index (χ4n) is 1.64. The predicted octanol–water partition coefficient (Wildman–Crippen LogP) is 0.981. The Balaban J connectivity index is 3.25. The van der Waals surface area contributed by atoms with Crippen molar-refractivity contribution in [2.24, 2.45) is 0 Å². The molecule has 0 saturated heterocycles. The second-order valence-electron chi connectivity index (χ2n) is 3.87. The molecule has 0 bridgehead atoms. The number of carboxylic acids is 2. The van der Waals surface area contributed by atoms with Gasteiger partial charge < -0.3 is 15.1 Å². The van der Waals surface area contributed by atoms with Gasteiger partial charge in [0.2, 0.25) is 0 Å². The highest BCUT2D eigenvalue weighted by Crippen LogP contribution is 2.23. The Morgan fingerprint density at radius 2 is 1.84 bits per heavy atom. The van der Waals surface area contributed by atoms with Crippen molar-refractivity contribution in [3.63, 3.8) is 0 Å². The van der Waals surface area contributed by atoms with Crippen LogP contribution in [0.25, 0.3) is 0 Å². The Hall–Kier alpha value is -2.62. The molecule has 0 fully saturated rings. The summed E-state index contributed by atoms with van der Waals surface area (Å²) in [4.78, 5) is 22.5. The second kappa shape index (κ2) is 5.82. The van der Waals surface area contributed by atoms with Crippen LogP contribution in [0, 0.1) is 24.1 Å². The van der Waals surface area contributed by atoms with Crippen molar-refractivity contribution < 1.29 is 24.2 Å². The molecule has 0 aromatic heterocycles. The summed E-state index contributed by atoms with van der Waals surface area (Å²) in [6, 6.07) is 3.85. The molecule has 0 heterocycles. The SMILES string of the molecule is Cc1cc(F)c(C#N)cc1N(CC(=O)O)CC(=O)O. The molecule has 0 amide bonds. The van der Waals surface area contributed by atoms with Crippen LogP contribution in [0.2, 0.25) is 0 Å². The van der Waals surface area contributed by atoms with E-state index in [1.54, 1.807) is 6.07 Å². The zero-order valence-corrected chi connectivity index (χ0v) is 10.1. The van der Waals surface area contributed by atoms with E-state index in [2.05, 4.69) is 0 Å². The molecule has 1 rings (SSSR count).